The molecule has 6 nitrogen and oxygen atoms in total. The molecule has 0 aliphatic rings. The van der Waals surface area contributed by atoms with E-state index in [1.807, 2.05) is 18.7 Å². The number of methoxy groups -OCH3 is 1. The van der Waals surface area contributed by atoms with Crippen LogP contribution in [0.15, 0.2) is 11.1 Å². The maximum atomic E-state index is 11.5. The summed E-state index contributed by atoms with van der Waals surface area (Å²) in [5.74, 6) is 0.796. The van der Waals surface area contributed by atoms with Gasteiger partial charge in [-0.25, -0.2) is 4.98 Å². The van der Waals surface area contributed by atoms with E-state index in [0.717, 1.165) is 6.54 Å². The topological polar surface area (TPSA) is 67.5 Å². The van der Waals surface area contributed by atoms with Gasteiger partial charge >= 0.3 is 0 Å². The number of H-pyrrole nitrogens is 1. The second-order valence-electron chi connectivity index (χ2n) is 3.37. The Hall–Kier alpha value is -1.56. The Labute approximate surface area is 101 Å². The summed E-state index contributed by atoms with van der Waals surface area (Å²) in [6.07, 6.45) is 1.38. The highest BCUT2D eigenvalue weighted by molar-refractivity contribution is 5.50. The van der Waals surface area contributed by atoms with Crippen molar-refractivity contribution in [2.24, 2.45) is 0 Å². The minimum absolute atomic E-state index is 0.242. The van der Waals surface area contributed by atoms with Gasteiger partial charge in [0.1, 0.15) is 0 Å². The summed E-state index contributed by atoms with van der Waals surface area (Å²) >= 11 is 0. The summed E-state index contributed by atoms with van der Waals surface area (Å²) in [5, 5.41) is 0. The number of hydrogen-bond donors (Lipinski definition) is 1. The Kier molecular flexibility index (Phi) is 5.48. The molecule has 0 aromatic carbocycles. The van der Waals surface area contributed by atoms with Crippen molar-refractivity contribution < 1.29 is 9.47 Å². The van der Waals surface area contributed by atoms with E-state index in [4.69, 9.17) is 9.47 Å². The van der Waals surface area contributed by atoms with Gasteiger partial charge in [0.05, 0.1) is 20.0 Å². The zero-order chi connectivity index (χ0) is 12.7. The highest BCUT2D eigenvalue weighted by Gasteiger charge is 2.14. The molecule has 1 N–H and O–H groups in total. The number of rotatable bonds is 7. The van der Waals surface area contributed by atoms with Gasteiger partial charge in [-0.15, -0.1) is 0 Å². The lowest BCUT2D eigenvalue weighted by atomic mass is 10.4. The third-order valence-corrected chi connectivity index (χ3v) is 2.39. The number of nitrogens with one attached hydrogen (secondary N) is 1. The molecular formula is C11H19N3O3. The molecule has 0 spiro atoms. The van der Waals surface area contributed by atoms with Crippen LogP contribution in [-0.4, -0.2) is 43.4 Å². The third-order valence-electron chi connectivity index (χ3n) is 2.39. The van der Waals surface area contributed by atoms with Crippen LogP contribution in [0.5, 0.6) is 5.75 Å². The first-order valence-electron chi connectivity index (χ1n) is 5.68. The molecule has 0 radical (unpaired) electrons. The molecule has 17 heavy (non-hydrogen) atoms. The second-order valence-corrected chi connectivity index (χ2v) is 3.37. The molecular weight excluding hydrogens is 222 g/mol. The first kappa shape index (κ1) is 13.5. The molecule has 0 fully saturated rings. The largest absolute Gasteiger partial charge is 0.489 e. The SMILES string of the molecule is CCOCCN(CC)c1nc[nH]c(=O)c1OC. The summed E-state index contributed by atoms with van der Waals surface area (Å²) in [5.41, 5.74) is -0.271. The van der Waals surface area contributed by atoms with Gasteiger partial charge < -0.3 is 19.4 Å². The van der Waals surface area contributed by atoms with Gasteiger partial charge in [0.15, 0.2) is 5.82 Å². The Bertz CT molecular complexity index is 392. The summed E-state index contributed by atoms with van der Waals surface area (Å²) in [7, 11) is 1.46. The van der Waals surface area contributed by atoms with E-state index < -0.39 is 0 Å². The van der Waals surface area contributed by atoms with Crippen LogP contribution >= 0.6 is 0 Å². The summed E-state index contributed by atoms with van der Waals surface area (Å²) < 4.78 is 10.4. The zero-order valence-electron chi connectivity index (χ0n) is 10.5. The molecule has 0 bridgehead atoms. The molecule has 0 amide bonds. The number of ether oxygens (including phenoxy) is 2. The van der Waals surface area contributed by atoms with Crippen molar-refractivity contribution in [2.45, 2.75) is 13.8 Å². The minimum atomic E-state index is -0.271. The van der Waals surface area contributed by atoms with Gasteiger partial charge in [-0.3, -0.25) is 4.79 Å². The predicted octanol–water partition coefficient (Wildman–Crippen LogP) is 0.641. The minimum Gasteiger partial charge on any atom is -0.489 e. The number of hydrogen-bond acceptors (Lipinski definition) is 5. The van der Waals surface area contributed by atoms with E-state index in [0.29, 0.717) is 25.6 Å². The molecule has 0 aliphatic carbocycles. The lowest BCUT2D eigenvalue weighted by molar-refractivity contribution is 0.154. The highest BCUT2D eigenvalue weighted by Crippen LogP contribution is 2.19. The van der Waals surface area contributed by atoms with Crippen molar-refractivity contribution in [3.63, 3.8) is 0 Å². The smallest absolute Gasteiger partial charge is 0.295 e. The Morgan fingerprint density at radius 2 is 2.24 bits per heavy atom. The van der Waals surface area contributed by atoms with E-state index in [9.17, 15) is 4.79 Å². The fourth-order valence-electron chi connectivity index (χ4n) is 1.52. The van der Waals surface area contributed by atoms with E-state index >= 15 is 0 Å². The molecule has 0 saturated carbocycles. The fourth-order valence-corrected chi connectivity index (χ4v) is 1.52. The molecule has 1 aromatic heterocycles. The lowest BCUT2D eigenvalue weighted by Gasteiger charge is -2.22. The van der Waals surface area contributed by atoms with Gasteiger partial charge in [0.25, 0.3) is 5.56 Å². The monoisotopic (exact) mass is 241 g/mol. The van der Waals surface area contributed by atoms with Crippen LogP contribution in [0.4, 0.5) is 5.82 Å². The average Bonchev–Trinajstić information content (AvgIpc) is 2.34. The molecule has 0 saturated heterocycles. The second kappa shape index (κ2) is 6.90. The fraction of sp³-hybridized carbons (Fsp3) is 0.636. The van der Waals surface area contributed by atoms with E-state index in [-0.39, 0.29) is 11.3 Å². The third kappa shape index (κ3) is 3.45. The van der Waals surface area contributed by atoms with Crippen molar-refractivity contribution in [1.29, 1.82) is 0 Å². The first-order valence-corrected chi connectivity index (χ1v) is 5.68. The molecule has 0 unspecified atom stereocenters. The van der Waals surface area contributed by atoms with Crippen LogP contribution in [0, 0.1) is 0 Å². The zero-order valence-corrected chi connectivity index (χ0v) is 10.5. The van der Waals surface area contributed by atoms with Gasteiger partial charge in [-0.2, -0.15) is 0 Å². The summed E-state index contributed by atoms with van der Waals surface area (Å²) in [6.45, 7) is 6.63. The first-order chi connectivity index (χ1) is 8.24. The maximum Gasteiger partial charge on any atom is 0.295 e. The van der Waals surface area contributed by atoms with Crippen LogP contribution in [-0.2, 0) is 4.74 Å². The number of likely N-dealkylation sites (N-methyl/N-ethyl adjacent to an activating group) is 1. The summed E-state index contributed by atoms with van der Waals surface area (Å²) in [6, 6.07) is 0. The molecule has 0 atom stereocenters. The molecule has 6 heteroatoms. The van der Waals surface area contributed by atoms with Crippen molar-refractivity contribution in [2.75, 3.05) is 38.3 Å². The average molecular weight is 241 g/mol. The van der Waals surface area contributed by atoms with Gasteiger partial charge in [0, 0.05) is 19.7 Å². The van der Waals surface area contributed by atoms with Crippen LogP contribution < -0.4 is 15.2 Å². The van der Waals surface area contributed by atoms with Gasteiger partial charge in [-0.1, -0.05) is 0 Å². The predicted molar refractivity (Wildman–Crippen MR) is 65.8 cm³/mol. The Balaban J connectivity index is 2.87. The normalized spacial score (nSPS) is 10.3. The number of aromatic nitrogens is 2. The van der Waals surface area contributed by atoms with Crippen molar-refractivity contribution in [3.8, 4) is 5.75 Å². The van der Waals surface area contributed by atoms with Crippen molar-refractivity contribution in [1.82, 2.24) is 9.97 Å². The molecule has 1 rings (SSSR count). The van der Waals surface area contributed by atoms with E-state index in [1.54, 1.807) is 0 Å². The standard InChI is InChI=1S/C11H19N3O3/c1-4-14(6-7-17-5-2)10-9(16-3)11(15)13-8-12-10/h8H,4-7H2,1-3H3,(H,12,13,15). The van der Waals surface area contributed by atoms with Crippen LogP contribution in [0.1, 0.15) is 13.8 Å². The molecule has 0 aliphatic heterocycles. The van der Waals surface area contributed by atoms with Crippen LogP contribution in [0.2, 0.25) is 0 Å². The van der Waals surface area contributed by atoms with Crippen LogP contribution in [0.25, 0.3) is 0 Å². The Morgan fingerprint density at radius 1 is 1.47 bits per heavy atom. The molecule has 1 heterocycles. The van der Waals surface area contributed by atoms with E-state index in [2.05, 4.69) is 9.97 Å². The number of nitrogens with zero attached hydrogens (tertiary/aromatic N) is 2. The number of anilines is 1. The maximum absolute atomic E-state index is 11.5. The van der Waals surface area contributed by atoms with Crippen molar-refractivity contribution in [3.05, 3.63) is 16.7 Å². The highest BCUT2D eigenvalue weighted by atomic mass is 16.5. The van der Waals surface area contributed by atoms with E-state index in [1.165, 1.54) is 13.4 Å². The van der Waals surface area contributed by atoms with Gasteiger partial charge in [0.2, 0.25) is 5.75 Å². The van der Waals surface area contributed by atoms with Crippen LogP contribution in [0.3, 0.4) is 0 Å². The van der Waals surface area contributed by atoms with Crippen molar-refractivity contribution >= 4 is 5.82 Å². The quantitative estimate of drug-likeness (QED) is 0.710. The molecule has 1 aromatic rings. The number of aromatic amines is 1. The molecule has 96 valence electrons. The van der Waals surface area contributed by atoms with Gasteiger partial charge in [-0.05, 0) is 13.8 Å². The summed E-state index contributed by atoms with van der Waals surface area (Å²) in [4.78, 5) is 20.1. The lowest BCUT2D eigenvalue weighted by Crippen LogP contribution is -2.30. The Morgan fingerprint density at radius 3 is 2.82 bits per heavy atom.